The molecule has 21 heavy (non-hydrogen) atoms. The van der Waals surface area contributed by atoms with E-state index >= 15 is 0 Å². The van der Waals surface area contributed by atoms with Gasteiger partial charge in [-0.1, -0.05) is 36.4 Å². The number of aliphatic carboxylic acids is 1. The Balaban J connectivity index is 0.000000491. The zero-order valence-corrected chi connectivity index (χ0v) is 12.1. The van der Waals surface area contributed by atoms with Crippen LogP contribution in [0.25, 0.3) is 0 Å². The molecule has 0 spiro atoms. The van der Waals surface area contributed by atoms with Gasteiger partial charge in [-0.15, -0.1) is 0 Å². The number of hydrogen-bond donors (Lipinski definition) is 2. The third-order valence-electron chi connectivity index (χ3n) is 1.93. The SMILES string of the molecule is CC(=O)O.O=P(O)(Oc1ccccc1)Oc1ccccc1. The molecule has 0 bridgehead atoms. The van der Waals surface area contributed by atoms with Gasteiger partial charge in [0, 0.05) is 6.92 Å². The number of phosphoric acid groups is 1. The molecule has 0 radical (unpaired) electrons. The van der Waals surface area contributed by atoms with E-state index in [-0.39, 0.29) is 11.5 Å². The summed E-state index contributed by atoms with van der Waals surface area (Å²) < 4.78 is 21.5. The first kappa shape index (κ1) is 16.8. The maximum absolute atomic E-state index is 11.7. The van der Waals surface area contributed by atoms with E-state index in [1.807, 2.05) is 0 Å². The number of rotatable bonds is 4. The summed E-state index contributed by atoms with van der Waals surface area (Å²) >= 11 is 0. The predicted molar refractivity (Wildman–Crippen MR) is 77.3 cm³/mol. The van der Waals surface area contributed by atoms with E-state index in [4.69, 9.17) is 18.9 Å². The zero-order chi connectivity index (χ0) is 15.7. The van der Waals surface area contributed by atoms with Crippen LogP contribution in [0.2, 0.25) is 0 Å². The van der Waals surface area contributed by atoms with Crippen LogP contribution in [0.1, 0.15) is 6.92 Å². The Labute approximate surface area is 122 Å². The van der Waals surface area contributed by atoms with Gasteiger partial charge >= 0.3 is 7.82 Å². The fraction of sp³-hybridized carbons (Fsp3) is 0.0714. The minimum atomic E-state index is -4.14. The third-order valence-corrected chi connectivity index (χ3v) is 2.81. The summed E-state index contributed by atoms with van der Waals surface area (Å²) in [5.41, 5.74) is 0. The van der Waals surface area contributed by atoms with Crippen molar-refractivity contribution in [2.24, 2.45) is 0 Å². The van der Waals surface area contributed by atoms with E-state index in [2.05, 4.69) is 0 Å². The van der Waals surface area contributed by atoms with E-state index in [1.54, 1.807) is 60.7 Å². The van der Waals surface area contributed by atoms with Crippen LogP contribution >= 0.6 is 7.82 Å². The van der Waals surface area contributed by atoms with Gasteiger partial charge in [0.2, 0.25) is 0 Å². The molecule has 112 valence electrons. The number of carboxylic acids is 1. The molecule has 0 atom stereocenters. The van der Waals surface area contributed by atoms with Crippen molar-refractivity contribution in [2.75, 3.05) is 0 Å². The highest BCUT2D eigenvalue weighted by Gasteiger charge is 2.24. The van der Waals surface area contributed by atoms with E-state index in [1.165, 1.54) is 0 Å². The van der Waals surface area contributed by atoms with E-state index in [0.29, 0.717) is 0 Å². The highest BCUT2D eigenvalue weighted by atomic mass is 31.2. The number of phosphoric ester groups is 1. The maximum atomic E-state index is 11.7. The summed E-state index contributed by atoms with van der Waals surface area (Å²) in [5, 5.41) is 7.42. The molecule has 0 fully saturated rings. The average molecular weight is 310 g/mol. The number of benzene rings is 2. The van der Waals surface area contributed by atoms with Crippen molar-refractivity contribution in [3.05, 3.63) is 60.7 Å². The second-order valence-corrected chi connectivity index (χ2v) is 5.10. The van der Waals surface area contributed by atoms with Gasteiger partial charge in [0.1, 0.15) is 11.5 Å². The van der Waals surface area contributed by atoms with Gasteiger partial charge < -0.3 is 14.2 Å². The van der Waals surface area contributed by atoms with Crippen LogP contribution < -0.4 is 9.05 Å². The lowest BCUT2D eigenvalue weighted by molar-refractivity contribution is -0.134. The fourth-order valence-electron chi connectivity index (χ4n) is 1.25. The highest BCUT2D eigenvalue weighted by molar-refractivity contribution is 7.48. The molecule has 2 rings (SSSR count). The first-order valence-corrected chi connectivity index (χ1v) is 7.40. The molecule has 0 aromatic heterocycles. The molecule has 7 heteroatoms. The van der Waals surface area contributed by atoms with Crippen LogP contribution in [-0.4, -0.2) is 16.0 Å². The summed E-state index contributed by atoms with van der Waals surface area (Å²) in [6.07, 6.45) is 0. The molecule has 2 aromatic rings. The normalized spacial score (nSPS) is 10.0. The Kier molecular flexibility index (Phi) is 6.46. The van der Waals surface area contributed by atoms with Gasteiger partial charge in [0.05, 0.1) is 0 Å². The molecule has 0 aliphatic rings. The molecule has 2 N–H and O–H groups in total. The van der Waals surface area contributed by atoms with Crippen LogP contribution in [-0.2, 0) is 9.36 Å². The Bertz CT molecular complexity index is 550. The van der Waals surface area contributed by atoms with Crippen molar-refractivity contribution < 1.29 is 28.4 Å². The van der Waals surface area contributed by atoms with Crippen molar-refractivity contribution in [2.45, 2.75) is 6.92 Å². The number of hydrogen-bond acceptors (Lipinski definition) is 4. The molecule has 0 aliphatic carbocycles. The lowest BCUT2D eigenvalue weighted by Crippen LogP contribution is -1.99. The van der Waals surface area contributed by atoms with Crippen LogP contribution in [0.5, 0.6) is 11.5 Å². The molecule has 0 heterocycles. The topological polar surface area (TPSA) is 93.1 Å². The second kappa shape index (κ2) is 8.09. The molecule has 2 aromatic carbocycles. The number of carboxylic acid groups (broad SMARTS) is 1. The minimum absolute atomic E-state index is 0.286. The zero-order valence-electron chi connectivity index (χ0n) is 11.2. The van der Waals surface area contributed by atoms with Crippen LogP contribution in [0.3, 0.4) is 0 Å². The summed E-state index contributed by atoms with van der Waals surface area (Å²) in [7, 11) is -4.14. The lowest BCUT2D eigenvalue weighted by Gasteiger charge is -2.13. The third kappa shape index (κ3) is 7.77. The summed E-state index contributed by atoms with van der Waals surface area (Å²) in [4.78, 5) is 18.5. The highest BCUT2D eigenvalue weighted by Crippen LogP contribution is 2.43. The number of carbonyl (C=O) groups is 1. The Morgan fingerprint density at radius 2 is 1.19 bits per heavy atom. The van der Waals surface area contributed by atoms with E-state index in [9.17, 15) is 9.46 Å². The van der Waals surface area contributed by atoms with Gasteiger partial charge in [0.15, 0.2) is 0 Å². The average Bonchev–Trinajstić information content (AvgIpc) is 2.39. The first-order chi connectivity index (χ1) is 9.89. The molecule has 0 saturated heterocycles. The van der Waals surface area contributed by atoms with Crippen molar-refractivity contribution in [1.82, 2.24) is 0 Å². The summed E-state index contributed by atoms with van der Waals surface area (Å²) in [6.45, 7) is 1.08. The van der Waals surface area contributed by atoms with Gasteiger partial charge in [-0.25, -0.2) is 4.57 Å². The van der Waals surface area contributed by atoms with Crippen LogP contribution in [0.15, 0.2) is 60.7 Å². The van der Waals surface area contributed by atoms with Gasteiger partial charge in [-0.05, 0) is 24.3 Å². The van der Waals surface area contributed by atoms with E-state index in [0.717, 1.165) is 6.92 Å². The first-order valence-electron chi connectivity index (χ1n) is 5.91. The van der Waals surface area contributed by atoms with Crippen LogP contribution in [0, 0.1) is 0 Å². The van der Waals surface area contributed by atoms with E-state index < -0.39 is 13.8 Å². The van der Waals surface area contributed by atoms with Crippen molar-refractivity contribution in [3.8, 4) is 11.5 Å². The lowest BCUT2D eigenvalue weighted by atomic mass is 10.3. The minimum Gasteiger partial charge on any atom is -0.481 e. The fourth-order valence-corrected chi connectivity index (χ4v) is 2.06. The molecule has 0 aliphatic heterocycles. The van der Waals surface area contributed by atoms with Crippen LogP contribution in [0.4, 0.5) is 0 Å². The standard InChI is InChI=1S/C12H11O4P.C2H4O2/c13-17(14,15-11-7-3-1-4-8-11)16-12-9-5-2-6-10-12;1-2(3)4/h1-10H,(H,13,14);1H3,(H,3,4). The quantitative estimate of drug-likeness (QED) is 0.841. The van der Waals surface area contributed by atoms with Gasteiger partial charge in [0.25, 0.3) is 5.97 Å². The molecule has 6 nitrogen and oxygen atoms in total. The summed E-state index contributed by atoms with van der Waals surface area (Å²) in [6, 6.07) is 16.7. The maximum Gasteiger partial charge on any atom is 0.584 e. The Morgan fingerprint density at radius 3 is 1.48 bits per heavy atom. The Morgan fingerprint density at radius 1 is 0.905 bits per heavy atom. The molecule has 0 amide bonds. The molecular formula is C14H15O6P. The largest absolute Gasteiger partial charge is 0.584 e. The number of para-hydroxylation sites is 2. The molecular weight excluding hydrogens is 295 g/mol. The molecule has 0 saturated carbocycles. The second-order valence-electron chi connectivity index (χ2n) is 3.80. The Hall–Kier alpha value is -2.30. The monoisotopic (exact) mass is 310 g/mol. The van der Waals surface area contributed by atoms with Crippen molar-refractivity contribution >= 4 is 13.8 Å². The van der Waals surface area contributed by atoms with Crippen molar-refractivity contribution in [3.63, 3.8) is 0 Å². The van der Waals surface area contributed by atoms with Gasteiger partial charge in [-0.2, -0.15) is 0 Å². The van der Waals surface area contributed by atoms with Crippen molar-refractivity contribution in [1.29, 1.82) is 0 Å². The summed E-state index contributed by atoms with van der Waals surface area (Å²) in [5.74, 6) is -0.261. The smallest absolute Gasteiger partial charge is 0.481 e. The predicted octanol–water partition coefficient (Wildman–Crippen LogP) is 3.34. The van der Waals surface area contributed by atoms with Gasteiger partial charge in [-0.3, -0.25) is 9.69 Å². The molecule has 0 unspecified atom stereocenters.